The number of rotatable bonds is 4. The van der Waals surface area contributed by atoms with Crippen LogP contribution >= 0.6 is 0 Å². The molecule has 294 valence electrons. The molecule has 0 unspecified atom stereocenters. The predicted molar refractivity (Wildman–Crippen MR) is 253 cm³/mol. The summed E-state index contributed by atoms with van der Waals surface area (Å²) < 4.78 is 2.61. The molecule has 3 nitrogen and oxygen atoms in total. The SMILES string of the molecule is CC(C)(C)c1ccc2c(c1)c1cc(C(C)(C)C)cc3c1n2-c1c(-c2ccccc2)cc(-c2nc(-c4ccccc4)cc(-c4ccccc4)n2)cc1-c1cccc(c1)C3(C)C. The smallest absolute Gasteiger partial charge is 0.160 e. The van der Waals surface area contributed by atoms with E-state index >= 15 is 0 Å². The molecule has 9 aromatic rings. The van der Waals surface area contributed by atoms with Crippen molar-refractivity contribution in [1.82, 2.24) is 14.5 Å². The zero-order chi connectivity index (χ0) is 41.6. The van der Waals surface area contributed by atoms with Gasteiger partial charge in [-0.25, -0.2) is 9.97 Å². The van der Waals surface area contributed by atoms with Crippen molar-refractivity contribution in [3.05, 3.63) is 186 Å². The van der Waals surface area contributed by atoms with E-state index in [1.807, 2.05) is 0 Å². The minimum atomic E-state index is -0.315. The molecule has 10 rings (SSSR count). The van der Waals surface area contributed by atoms with Crippen LogP contribution in [0, 0.1) is 0 Å². The van der Waals surface area contributed by atoms with Gasteiger partial charge in [-0.15, -0.1) is 0 Å². The fourth-order valence-electron chi connectivity index (χ4n) is 9.14. The Kier molecular flexibility index (Phi) is 8.63. The number of fused-ring (bicyclic) bond motifs is 8. The minimum Gasteiger partial charge on any atom is -0.308 e. The minimum absolute atomic E-state index is 0.00979. The maximum absolute atomic E-state index is 5.36. The predicted octanol–water partition coefficient (Wildman–Crippen LogP) is 15.1. The second-order valence-electron chi connectivity index (χ2n) is 19.2. The fourth-order valence-corrected chi connectivity index (χ4v) is 9.14. The summed E-state index contributed by atoms with van der Waals surface area (Å²) in [6, 6.07) is 60.0. The van der Waals surface area contributed by atoms with Gasteiger partial charge in [0.05, 0.1) is 28.1 Å². The van der Waals surface area contributed by atoms with Crippen LogP contribution in [0.25, 0.3) is 83.6 Å². The molecule has 7 aromatic carbocycles. The molecule has 0 fully saturated rings. The molecule has 0 N–H and O–H groups in total. The summed E-state index contributed by atoms with van der Waals surface area (Å²) >= 11 is 0. The van der Waals surface area contributed by atoms with E-state index in [0.717, 1.165) is 50.5 Å². The van der Waals surface area contributed by atoms with Gasteiger partial charge >= 0.3 is 0 Å². The van der Waals surface area contributed by atoms with E-state index < -0.39 is 0 Å². The summed E-state index contributed by atoms with van der Waals surface area (Å²) in [5.41, 5.74) is 18.0. The van der Waals surface area contributed by atoms with E-state index in [-0.39, 0.29) is 16.2 Å². The highest BCUT2D eigenvalue weighted by molar-refractivity contribution is 6.13. The van der Waals surface area contributed by atoms with Crippen molar-refractivity contribution in [2.75, 3.05) is 0 Å². The van der Waals surface area contributed by atoms with Crippen LogP contribution in [0.3, 0.4) is 0 Å². The van der Waals surface area contributed by atoms with Gasteiger partial charge in [-0.05, 0) is 80.6 Å². The molecule has 0 aliphatic carbocycles. The second-order valence-corrected chi connectivity index (χ2v) is 19.2. The lowest BCUT2D eigenvalue weighted by Crippen LogP contribution is -2.22. The number of nitrogens with zero attached hydrogens (tertiary/aromatic N) is 3. The van der Waals surface area contributed by atoms with Gasteiger partial charge in [-0.2, -0.15) is 0 Å². The third-order valence-corrected chi connectivity index (χ3v) is 12.7. The van der Waals surface area contributed by atoms with Gasteiger partial charge in [0.15, 0.2) is 5.82 Å². The second kappa shape index (κ2) is 13.7. The standard InChI is InChI=1S/C57H51N3/c1-55(2,3)41-27-28-51-46(32-41)47-33-43(56(4,5)6)34-48-53(47)60(51)52-44(36-19-12-9-13-20-36)30-40(31-45(52)39-25-18-26-42(29-39)57(48,7)8)54-58-49(37-21-14-10-15-22-37)35-50(59-54)38-23-16-11-17-24-38/h9-35H,1-8H3. The lowest BCUT2D eigenvalue weighted by molar-refractivity contribution is 0.584. The van der Waals surface area contributed by atoms with Gasteiger partial charge in [0.2, 0.25) is 0 Å². The lowest BCUT2D eigenvalue weighted by Gasteiger charge is -2.30. The molecule has 2 aromatic heterocycles. The van der Waals surface area contributed by atoms with Crippen LogP contribution in [0.15, 0.2) is 164 Å². The summed E-state index contributed by atoms with van der Waals surface area (Å²) in [6.07, 6.45) is 0. The van der Waals surface area contributed by atoms with E-state index in [0.29, 0.717) is 5.82 Å². The summed E-state index contributed by atoms with van der Waals surface area (Å²) in [6.45, 7) is 18.8. The van der Waals surface area contributed by atoms with Crippen LogP contribution in [-0.2, 0) is 16.2 Å². The molecule has 1 aliphatic heterocycles. The first-order chi connectivity index (χ1) is 28.8. The number of benzene rings is 7. The maximum atomic E-state index is 5.36. The van der Waals surface area contributed by atoms with Crippen molar-refractivity contribution >= 4 is 21.8 Å². The van der Waals surface area contributed by atoms with Crippen molar-refractivity contribution in [3.8, 4) is 61.8 Å². The zero-order valence-corrected chi connectivity index (χ0v) is 35.9. The van der Waals surface area contributed by atoms with Gasteiger partial charge in [-0.1, -0.05) is 183 Å². The largest absolute Gasteiger partial charge is 0.308 e. The van der Waals surface area contributed by atoms with E-state index in [2.05, 4.69) is 224 Å². The molecule has 2 bridgehead atoms. The van der Waals surface area contributed by atoms with Gasteiger partial charge in [-0.3, -0.25) is 0 Å². The van der Waals surface area contributed by atoms with Crippen molar-refractivity contribution in [2.45, 2.75) is 71.6 Å². The third kappa shape index (κ3) is 6.27. The van der Waals surface area contributed by atoms with Crippen LogP contribution in [0.2, 0.25) is 0 Å². The first-order valence-corrected chi connectivity index (χ1v) is 21.2. The highest BCUT2D eigenvalue weighted by Crippen LogP contribution is 2.50. The maximum Gasteiger partial charge on any atom is 0.160 e. The molecule has 3 heteroatoms. The molecule has 0 amide bonds. The molecule has 0 radical (unpaired) electrons. The Hall–Kier alpha value is -6.58. The first kappa shape index (κ1) is 37.7. The zero-order valence-electron chi connectivity index (χ0n) is 35.9. The van der Waals surface area contributed by atoms with Crippen LogP contribution in [-0.4, -0.2) is 14.5 Å². The molecular formula is C57H51N3. The van der Waals surface area contributed by atoms with Crippen LogP contribution in [0.5, 0.6) is 0 Å². The molecule has 0 saturated heterocycles. The lowest BCUT2D eigenvalue weighted by atomic mass is 9.74. The van der Waals surface area contributed by atoms with Crippen molar-refractivity contribution in [3.63, 3.8) is 0 Å². The van der Waals surface area contributed by atoms with E-state index in [1.54, 1.807) is 0 Å². The highest BCUT2D eigenvalue weighted by atomic mass is 15.0. The normalized spacial score (nSPS) is 13.5. The first-order valence-electron chi connectivity index (χ1n) is 21.2. The molecule has 60 heavy (non-hydrogen) atoms. The van der Waals surface area contributed by atoms with Crippen molar-refractivity contribution in [2.24, 2.45) is 0 Å². The fraction of sp³-hybridized carbons (Fsp3) is 0.193. The van der Waals surface area contributed by atoms with E-state index in [4.69, 9.17) is 9.97 Å². The Morgan fingerprint density at radius 3 is 1.57 bits per heavy atom. The van der Waals surface area contributed by atoms with Gasteiger partial charge < -0.3 is 4.57 Å². The monoisotopic (exact) mass is 777 g/mol. The highest BCUT2D eigenvalue weighted by Gasteiger charge is 2.34. The number of hydrogen-bond donors (Lipinski definition) is 0. The van der Waals surface area contributed by atoms with Gasteiger partial charge in [0.25, 0.3) is 0 Å². The average Bonchev–Trinajstić information content (AvgIpc) is 3.59. The summed E-state index contributed by atoms with van der Waals surface area (Å²) in [4.78, 5) is 10.7. The Labute approximate surface area is 354 Å². The van der Waals surface area contributed by atoms with Crippen molar-refractivity contribution < 1.29 is 0 Å². The Morgan fingerprint density at radius 2 is 0.983 bits per heavy atom. The average molecular weight is 778 g/mol. The van der Waals surface area contributed by atoms with Crippen LogP contribution in [0.1, 0.15) is 77.6 Å². The van der Waals surface area contributed by atoms with Gasteiger partial charge in [0.1, 0.15) is 0 Å². The summed E-state index contributed by atoms with van der Waals surface area (Å²) in [5, 5.41) is 2.58. The molecule has 0 saturated carbocycles. The van der Waals surface area contributed by atoms with Crippen LogP contribution in [0.4, 0.5) is 0 Å². The summed E-state index contributed by atoms with van der Waals surface area (Å²) in [5.74, 6) is 0.694. The van der Waals surface area contributed by atoms with E-state index in [9.17, 15) is 0 Å². The Balaban J connectivity index is 1.39. The van der Waals surface area contributed by atoms with Crippen LogP contribution < -0.4 is 0 Å². The number of aromatic nitrogens is 3. The number of hydrogen-bond acceptors (Lipinski definition) is 2. The van der Waals surface area contributed by atoms with E-state index in [1.165, 1.54) is 49.6 Å². The Morgan fingerprint density at radius 1 is 0.450 bits per heavy atom. The molecule has 0 spiro atoms. The van der Waals surface area contributed by atoms with Crippen molar-refractivity contribution in [1.29, 1.82) is 0 Å². The topological polar surface area (TPSA) is 30.7 Å². The molecule has 3 heterocycles. The quantitative estimate of drug-likeness (QED) is 0.178. The molecular weight excluding hydrogens is 727 g/mol. The summed E-state index contributed by atoms with van der Waals surface area (Å²) in [7, 11) is 0. The molecule has 0 atom stereocenters. The molecule has 1 aliphatic rings. The van der Waals surface area contributed by atoms with Gasteiger partial charge in [0, 0.05) is 44.0 Å². The third-order valence-electron chi connectivity index (χ3n) is 12.7. The Bertz CT molecular complexity index is 3040.